The van der Waals surface area contributed by atoms with Crippen LogP contribution in [-0.4, -0.2) is 19.4 Å². The summed E-state index contributed by atoms with van der Waals surface area (Å²) in [7, 11) is 1.86. The Bertz CT molecular complexity index is 132. The summed E-state index contributed by atoms with van der Waals surface area (Å²) in [6.45, 7) is 6.29. The Hall–Kier alpha value is -0.630. The van der Waals surface area contributed by atoms with Crippen LogP contribution in [0.5, 0.6) is 0 Å². The minimum absolute atomic E-state index is 0.139. The Labute approximate surface area is 68.7 Å². The first-order valence-corrected chi connectivity index (χ1v) is 4.00. The van der Waals surface area contributed by atoms with Crippen LogP contribution in [0.15, 0.2) is 12.7 Å². The predicted octanol–water partition coefficient (Wildman–Crippen LogP) is 1.38. The molecule has 1 atom stereocenters. The zero-order chi connectivity index (χ0) is 8.69. The highest BCUT2D eigenvalue weighted by atomic mass is 16.1. The molecule has 0 spiro atoms. The lowest BCUT2D eigenvalue weighted by Gasteiger charge is -2.07. The second kappa shape index (κ2) is 6.10. The maximum Gasteiger partial charge on any atom is 0.137 e. The molecule has 1 unspecified atom stereocenters. The van der Waals surface area contributed by atoms with Crippen LogP contribution in [0, 0.1) is 5.92 Å². The predicted molar refractivity (Wildman–Crippen MR) is 47.5 cm³/mol. The molecule has 0 aliphatic rings. The van der Waals surface area contributed by atoms with Gasteiger partial charge in [0.25, 0.3) is 0 Å². The molecule has 0 saturated carbocycles. The van der Waals surface area contributed by atoms with Crippen molar-refractivity contribution < 1.29 is 4.79 Å². The molecular formula is C9H17NO. The number of hydrogen-bond acceptors (Lipinski definition) is 2. The van der Waals surface area contributed by atoms with E-state index in [2.05, 4.69) is 11.9 Å². The molecule has 0 aliphatic carbocycles. The molecule has 0 heterocycles. The van der Waals surface area contributed by atoms with E-state index in [0.717, 1.165) is 13.0 Å². The molecule has 1 N–H and O–H groups in total. The van der Waals surface area contributed by atoms with Crippen molar-refractivity contribution in [2.24, 2.45) is 5.92 Å². The fourth-order valence-corrected chi connectivity index (χ4v) is 0.911. The number of Topliss-reactive ketones (excluding diaryl/α,β-unsaturated/α-hetero) is 1. The van der Waals surface area contributed by atoms with Gasteiger partial charge in [-0.2, -0.15) is 0 Å². The van der Waals surface area contributed by atoms with Crippen LogP contribution in [-0.2, 0) is 4.79 Å². The van der Waals surface area contributed by atoms with Crippen LogP contribution in [0.4, 0.5) is 0 Å². The molecule has 0 saturated heterocycles. The van der Waals surface area contributed by atoms with Crippen molar-refractivity contribution in [3.63, 3.8) is 0 Å². The van der Waals surface area contributed by atoms with Gasteiger partial charge >= 0.3 is 0 Å². The van der Waals surface area contributed by atoms with Gasteiger partial charge in [-0.3, -0.25) is 4.79 Å². The van der Waals surface area contributed by atoms with Gasteiger partial charge in [0.05, 0.1) is 0 Å². The van der Waals surface area contributed by atoms with Gasteiger partial charge in [-0.05, 0) is 13.5 Å². The summed E-state index contributed by atoms with van der Waals surface area (Å²) >= 11 is 0. The maximum absolute atomic E-state index is 11.2. The Kier molecular flexibility index (Phi) is 5.75. The minimum atomic E-state index is 0.139. The molecule has 0 bridgehead atoms. The summed E-state index contributed by atoms with van der Waals surface area (Å²) in [5, 5.41) is 2.98. The van der Waals surface area contributed by atoms with E-state index in [4.69, 9.17) is 0 Å². The SMILES string of the molecule is C=CCCC(=O)C(C)CNC. The number of allylic oxidation sites excluding steroid dienone is 1. The summed E-state index contributed by atoms with van der Waals surface area (Å²) in [4.78, 5) is 11.2. The normalized spacial score (nSPS) is 12.5. The van der Waals surface area contributed by atoms with Gasteiger partial charge in [-0.25, -0.2) is 0 Å². The zero-order valence-corrected chi connectivity index (χ0v) is 7.39. The van der Waals surface area contributed by atoms with E-state index in [1.807, 2.05) is 14.0 Å². The molecule has 0 radical (unpaired) electrons. The van der Waals surface area contributed by atoms with Crippen molar-refractivity contribution in [2.45, 2.75) is 19.8 Å². The summed E-state index contributed by atoms with van der Waals surface area (Å²) < 4.78 is 0. The number of carbonyl (C=O) groups is 1. The summed E-state index contributed by atoms with van der Waals surface area (Å²) in [5.41, 5.74) is 0. The zero-order valence-electron chi connectivity index (χ0n) is 7.39. The smallest absolute Gasteiger partial charge is 0.137 e. The highest BCUT2D eigenvalue weighted by Crippen LogP contribution is 2.01. The van der Waals surface area contributed by atoms with Crippen molar-refractivity contribution in [3.05, 3.63) is 12.7 Å². The lowest BCUT2D eigenvalue weighted by Crippen LogP contribution is -2.23. The van der Waals surface area contributed by atoms with Crippen LogP contribution in [0.3, 0.4) is 0 Å². The fourth-order valence-electron chi connectivity index (χ4n) is 0.911. The van der Waals surface area contributed by atoms with Crippen molar-refractivity contribution in [2.75, 3.05) is 13.6 Å². The van der Waals surface area contributed by atoms with Gasteiger partial charge in [0.15, 0.2) is 0 Å². The first kappa shape index (κ1) is 10.4. The van der Waals surface area contributed by atoms with E-state index in [1.54, 1.807) is 6.08 Å². The second-order valence-electron chi connectivity index (χ2n) is 2.75. The molecule has 2 heteroatoms. The highest BCUT2D eigenvalue weighted by molar-refractivity contribution is 5.80. The van der Waals surface area contributed by atoms with E-state index in [1.165, 1.54) is 0 Å². The van der Waals surface area contributed by atoms with E-state index in [0.29, 0.717) is 12.2 Å². The van der Waals surface area contributed by atoms with Crippen LogP contribution in [0.2, 0.25) is 0 Å². The van der Waals surface area contributed by atoms with Gasteiger partial charge in [0, 0.05) is 18.9 Å². The first-order valence-electron chi connectivity index (χ1n) is 4.00. The van der Waals surface area contributed by atoms with Crippen molar-refractivity contribution >= 4 is 5.78 Å². The van der Waals surface area contributed by atoms with Crippen molar-refractivity contribution in [1.29, 1.82) is 0 Å². The van der Waals surface area contributed by atoms with E-state index >= 15 is 0 Å². The lowest BCUT2D eigenvalue weighted by atomic mass is 10.0. The third-order valence-electron chi connectivity index (χ3n) is 1.65. The third kappa shape index (κ3) is 4.73. The van der Waals surface area contributed by atoms with Gasteiger partial charge in [0.2, 0.25) is 0 Å². The monoisotopic (exact) mass is 155 g/mol. The summed E-state index contributed by atoms with van der Waals surface area (Å²) in [6, 6.07) is 0. The van der Waals surface area contributed by atoms with Gasteiger partial charge < -0.3 is 5.32 Å². The lowest BCUT2D eigenvalue weighted by molar-refractivity contribution is -0.122. The number of rotatable bonds is 6. The molecule has 0 amide bonds. The van der Waals surface area contributed by atoms with Crippen molar-refractivity contribution in [3.8, 4) is 0 Å². The van der Waals surface area contributed by atoms with Crippen LogP contribution >= 0.6 is 0 Å². The van der Waals surface area contributed by atoms with Crippen molar-refractivity contribution in [1.82, 2.24) is 5.32 Å². The van der Waals surface area contributed by atoms with E-state index in [9.17, 15) is 4.79 Å². The van der Waals surface area contributed by atoms with Crippen LogP contribution in [0.1, 0.15) is 19.8 Å². The number of hydrogen-bond donors (Lipinski definition) is 1. The third-order valence-corrected chi connectivity index (χ3v) is 1.65. The number of nitrogens with one attached hydrogen (secondary N) is 1. The largest absolute Gasteiger partial charge is 0.319 e. The van der Waals surface area contributed by atoms with Crippen LogP contribution in [0.25, 0.3) is 0 Å². The summed E-state index contributed by atoms with van der Waals surface area (Å²) in [6.07, 6.45) is 3.21. The fraction of sp³-hybridized carbons (Fsp3) is 0.667. The molecular weight excluding hydrogens is 138 g/mol. The minimum Gasteiger partial charge on any atom is -0.319 e. The molecule has 0 aliphatic heterocycles. The highest BCUT2D eigenvalue weighted by Gasteiger charge is 2.09. The average molecular weight is 155 g/mol. The standard InChI is InChI=1S/C9H17NO/c1-4-5-6-9(11)8(2)7-10-3/h4,8,10H,1,5-7H2,2-3H3. The summed E-state index contributed by atoms with van der Waals surface area (Å²) in [5.74, 6) is 0.458. The molecule has 0 aromatic rings. The molecule has 64 valence electrons. The quantitative estimate of drug-likeness (QED) is 0.587. The Balaban J connectivity index is 3.54. The molecule has 0 aromatic carbocycles. The molecule has 0 aromatic heterocycles. The topological polar surface area (TPSA) is 29.1 Å². The Morgan fingerprint density at radius 1 is 1.73 bits per heavy atom. The number of ketones is 1. The van der Waals surface area contributed by atoms with Gasteiger partial charge in [0.1, 0.15) is 5.78 Å². The van der Waals surface area contributed by atoms with Gasteiger partial charge in [-0.15, -0.1) is 6.58 Å². The van der Waals surface area contributed by atoms with Crippen LogP contribution < -0.4 is 5.32 Å². The number of carbonyl (C=O) groups excluding carboxylic acids is 1. The second-order valence-corrected chi connectivity index (χ2v) is 2.75. The molecule has 11 heavy (non-hydrogen) atoms. The Morgan fingerprint density at radius 2 is 2.36 bits per heavy atom. The maximum atomic E-state index is 11.2. The molecule has 0 fully saturated rings. The average Bonchev–Trinajstić information content (AvgIpc) is 2.00. The van der Waals surface area contributed by atoms with Gasteiger partial charge in [-0.1, -0.05) is 13.0 Å². The molecule has 2 nitrogen and oxygen atoms in total. The van der Waals surface area contributed by atoms with E-state index < -0.39 is 0 Å². The first-order chi connectivity index (χ1) is 5.22. The molecule has 0 rings (SSSR count). The Morgan fingerprint density at radius 3 is 2.82 bits per heavy atom. The van der Waals surface area contributed by atoms with E-state index in [-0.39, 0.29) is 5.92 Å².